The maximum absolute atomic E-state index is 11.9. The van der Waals surface area contributed by atoms with Gasteiger partial charge in [-0.05, 0) is 93.6 Å². The highest BCUT2D eigenvalue weighted by atomic mass is 32.2. The first-order chi connectivity index (χ1) is 13.7. The zero-order chi connectivity index (χ0) is 21.3. The van der Waals surface area contributed by atoms with Crippen LogP contribution in [0.2, 0.25) is 0 Å². The molecule has 2 rings (SSSR count). The third-order valence-electron chi connectivity index (χ3n) is 5.64. The Morgan fingerprint density at radius 1 is 0.862 bits per heavy atom. The van der Waals surface area contributed by atoms with Gasteiger partial charge in [0.15, 0.2) is 0 Å². The number of hydrogen-bond acceptors (Lipinski definition) is 5. The Labute approximate surface area is 197 Å². The molecule has 2 aliphatic heterocycles. The second-order valence-corrected chi connectivity index (χ2v) is 15.9. The SMILES string of the molecule is CC(=O)CC1(C[C@@H](C)CC/C=C(\C)CC2(CC(C)C)SCCCS2)SCCCS1. The Morgan fingerprint density at radius 3 is 1.86 bits per heavy atom. The minimum absolute atomic E-state index is 0.152. The largest absolute Gasteiger partial charge is 0.300 e. The molecular weight excluding hydrogens is 433 g/mol. The molecule has 2 heterocycles. The van der Waals surface area contributed by atoms with Crippen molar-refractivity contribution < 1.29 is 4.79 Å². The summed E-state index contributed by atoms with van der Waals surface area (Å²) >= 11 is 8.55. The summed E-state index contributed by atoms with van der Waals surface area (Å²) in [7, 11) is 0. The van der Waals surface area contributed by atoms with Crippen LogP contribution in [-0.4, -0.2) is 37.0 Å². The van der Waals surface area contributed by atoms with Crippen LogP contribution in [0.4, 0.5) is 0 Å². The lowest BCUT2D eigenvalue weighted by molar-refractivity contribution is -0.117. The number of thioether (sulfide) groups is 4. The van der Waals surface area contributed by atoms with Gasteiger partial charge in [-0.25, -0.2) is 0 Å². The molecule has 168 valence electrons. The number of Topliss-reactive ketones (excluding diaryl/α,β-unsaturated/α-hetero) is 1. The third kappa shape index (κ3) is 9.45. The molecule has 0 amide bonds. The van der Waals surface area contributed by atoms with Gasteiger partial charge in [0.05, 0.1) is 8.16 Å². The molecule has 1 nitrogen and oxygen atoms in total. The predicted molar refractivity (Wildman–Crippen MR) is 141 cm³/mol. The number of rotatable bonds is 11. The first-order valence-corrected chi connectivity index (χ1v) is 15.4. The Kier molecular flexibility index (Phi) is 11.5. The molecule has 1 atom stereocenters. The molecule has 29 heavy (non-hydrogen) atoms. The maximum Gasteiger partial charge on any atom is 0.132 e. The van der Waals surface area contributed by atoms with E-state index < -0.39 is 0 Å². The van der Waals surface area contributed by atoms with Crippen molar-refractivity contribution in [3.63, 3.8) is 0 Å². The van der Waals surface area contributed by atoms with E-state index in [0.29, 0.717) is 15.8 Å². The first-order valence-electron chi connectivity index (χ1n) is 11.5. The molecule has 0 N–H and O–H groups in total. The average Bonchev–Trinajstić information content (AvgIpc) is 2.61. The van der Waals surface area contributed by atoms with Gasteiger partial charge < -0.3 is 0 Å². The fourth-order valence-electron chi connectivity index (χ4n) is 4.56. The lowest BCUT2D eigenvalue weighted by Crippen LogP contribution is -2.30. The molecule has 2 fully saturated rings. The average molecular weight is 475 g/mol. The van der Waals surface area contributed by atoms with Gasteiger partial charge in [-0.2, -0.15) is 0 Å². The second kappa shape index (κ2) is 12.7. The van der Waals surface area contributed by atoms with Crippen molar-refractivity contribution >= 4 is 52.8 Å². The third-order valence-corrected chi connectivity index (χ3v) is 12.4. The van der Waals surface area contributed by atoms with Gasteiger partial charge in [0.2, 0.25) is 0 Å². The number of allylic oxidation sites excluding steroid dienone is 2. The zero-order valence-corrected chi connectivity index (χ0v) is 22.5. The van der Waals surface area contributed by atoms with E-state index in [1.54, 1.807) is 12.5 Å². The molecule has 0 radical (unpaired) electrons. The van der Waals surface area contributed by atoms with E-state index in [0.717, 1.165) is 12.3 Å². The van der Waals surface area contributed by atoms with Crippen LogP contribution in [-0.2, 0) is 4.79 Å². The lowest BCUT2D eigenvalue weighted by atomic mass is 9.95. The monoisotopic (exact) mass is 474 g/mol. The summed E-state index contributed by atoms with van der Waals surface area (Å²) in [5.41, 5.74) is 1.58. The molecule has 0 aromatic rings. The van der Waals surface area contributed by atoms with Crippen molar-refractivity contribution in [3.8, 4) is 0 Å². The Bertz CT molecular complexity index is 531. The zero-order valence-electron chi connectivity index (χ0n) is 19.3. The lowest BCUT2D eigenvalue weighted by Gasteiger charge is -2.38. The molecular formula is C24H42OS4. The normalized spacial score (nSPS) is 23.2. The molecule has 0 unspecified atom stereocenters. The first kappa shape index (κ1) is 26.1. The van der Waals surface area contributed by atoms with E-state index in [9.17, 15) is 4.79 Å². The number of carbonyl (C=O) groups is 1. The van der Waals surface area contributed by atoms with Crippen molar-refractivity contribution in [1.29, 1.82) is 0 Å². The smallest absolute Gasteiger partial charge is 0.132 e. The molecule has 0 aromatic carbocycles. The summed E-state index contributed by atoms with van der Waals surface area (Å²) in [6, 6.07) is 0. The van der Waals surface area contributed by atoms with Crippen LogP contribution in [0.5, 0.6) is 0 Å². The Balaban J connectivity index is 1.85. The van der Waals surface area contributed by atoms with Gasteiger partial charge >= 0.3 is 0 Å². The highest BCUT2D eigenvalue weighted by molar-refractivity contribution is 8.19. The van der Waals surface area contributed by atoms with Gasteiger partial charge in [-0.1, -0.05) is 32.4 Å². The molecule has 0 bridgehead atoms. The van der Waals surface area contributed by atoms with Crippen LogP contribution in [0, 0.1) is 11.8 Å². The van der Waals surface area contributed by atoms with E-state index in [1.165, 1.54) is 68.0 Å². The highest BCUT2D eigenvalue weighted by Gasteiger charge is 2.36. The molecule has 0 saturated carbocycles. The summed E-state index contributed by atoms with van der Waals surface area (Å²) in [5, 5.41) is 0. The van der Waals surface area contributed by atoms with Crippen molar-refractivity contribution in [1.82, 2.24) is 0 Å². The van der Waals surface area contributed by atoms with E-state index in [-0.39, 0.29) is 4.08 Å². The summed E-state index contributed by atoms with van der Waals surface area (Å²) in [5.74, 6) is 6.91. The number of carbonyl (C=O) groups excluding carboxylic acids is 1. The topological polar surface area (TPSA) is 17.1 Å². The van der Waals surface area contributed by atoms with E-state index in [2.05, 4.69) is 80.8 Å². The molecule has 2 saturated heterocycles. The van der Waals surface area contributed by atoms with Crippen molar-refractivity contribution in [2.24, 2.45) is 11.8 Å². The molecule has 2 aliphatic rings. The Hall–Kier alpha value is 0.810. The van der Waals surface area contributed by atoms with Gasteiger partial charge in [0.1, 0.15) is 5.78 Å². The highest BCUT2D eigenvalue weighted by Crippen LogP contribution is 2.51. The van der Waals surface area contributed by atoms with Crippen LogP contribution in [0.3, 0.4) is 0 Å². The van der Waals surface area contributed by atoms with E-state index >= 15 is 0 Å². The van der Waals surface area contributed by atoms with Crippen molar-refractivity contribution in [2.75, 3.05) is 23.0 Å². The fraction of sp³-hybridized carbons (Fsp3) is 0.875. The molecule has 0 spiro atoms. The van der Waals surface area contributed by atoms with Crippen LogP contribution < -0.4 is 0 Å². The molecule has 0 aliphatic carbocycles. The van der Waals surface area contributed by atoms with Crippen LogP contribution >= 0.6 is 47.0 Å². The fourth-order valence-corrected chi connectivity index (χ4v) is 12.2. The van der Waals surface area contributed by atoms with Crippen molar-refractivity contribution in [3.05, 3.63) is 11.6 Å². The van der Waals surface area contributed by atoms with Crippen LogP contribution in [0.1, 0.15) is 86.0 Å². The van der Waals surface area contributed by atoms with Crippen LogP contribution in [0.25, 0.3) is 0 Å². The van der Waals surface area contributed by atoms with Crippen LogP contribution in [0.15, 0.2) is 11.6 Å². The minimum Gasteiger partial charge on any atom is -0.300 e. The van der Waals surface area contributed by atoms with Gasteiger partial charge in [0, 0.05) is 6.42 Å². The predicted octanol–water partition coefficient (Wildman–Crippen LogP) is 8.29. The minimum atomic E-state index is 0.152. The van der Waals surface area contributed by atoms with Gasteiger partial charge in [-0.3, -0.25) is 4.79 Å². The second-order valence-electron chi connectivity index (χ2n) is 9.51. The van der Waals surface area contributed by atoms with E-state index in [4.69, 9.17) is 0 Å². The number of hydrogen-bond donors (Lipinski definition) is 0. The summed E-state index contributed by atoms with van der Waals surface area (Å²) in [6.07, 6.45) is 12.1. The quantitative estimate of drug-likeness (QED) is 0.279. The summed E-state index contributed by atoms with van der Waals surface area (Å²) in [6.45, 7) is 11.3. The summed E-state index contributed by atoms with van der Waals surface area (Å²) < 4.78 is 0.568. The van der Waals surface area contributed by atoms with E-state index in [1.807, 2.05) is 0 Å². The maximum atomic E-state index is 11.9. The van der Waals surface area contributed by atoms with Crippen molar-refractivity contribution in [2.45, 2.75) is 94.1 Å². The number of ketones is 1. The standard InChI is InChI=1S/C24H42OS4/c1-19(2)15-23(26-11-7-12-27-23)16-20(3)9-6-10-21(4)17-24(18-22(5)25)28-13-8-14-29-24/h9,19,21H,6-8,10-18H2,1-5H3/b20-9+/t21-/m0/s1. The van der Waals surface area contributed by atoms with Gasteiger partial charge in [0.25, 0.3) is 0 Å². The summed E-state index contributed by atoms with van der Waals surface area (Å²) in [4.78, 5) is 11.9. The molecule has 0 aromatic heterocycles. The Morgan fingerprint density at radius 2 is 1.38 bits per heavy atom. The molecule has 5 heteroatoms. The van der Waals surface area contributed by atoms with Gasteiger partial charge in [-0.15, -0.1) is 47.0 Å².